The summed E-state index contributed by atoms with van der Waals surface area (Å²) >= 11 is 0. The highest BCUT2D eigenvalue weighted by molar-refractivity contribution is 5.33. The summed E-state index contributed by atoms with van der Waals surface area (Å²) in [5.74, 6) is 0.833. The number of aromatic nitrogens is 4. The smallest absolute Gasteiger partial charge is 0.253 e. The van der Waals surface area contributed by atoms with Gasteiger partial charge in [0.05, 0.1) is 0 Å². The van der Waals surface area contributed by atoms with Crippen LogP contribution in [0.25, 0.3) is 5.78 Å². The molecule has 0 saturated carbocycles. The third-order valence-electron chi connectivity index (χ3n) is 2.33. The Morgan fingerprint density at radius 1 is 1.40 bits per heavy atom. The third kappa shape index (κ3) is 2.23. The van der Waals surface area contributed by atoms with Crippen LogP contribution in [0.1, 0.15) is 31.7 Å². The molecule has 0 fully saturated rings. The zero-order valence-electron chi connectivity index (χ0n) is 8.85. The molecule has 0 aliphatic rings. The average Bonchev–Trinajstić information content (AvgIpc) is 2.57. The van der Waals surface area contributed by atoms with Gasteiger partial charge in [-0.05, 0) is 18.4 Å². The molecule has 80 valence electrons. The topological polar surface area (TPSA) is 69.1 Å². The van der Waals surface area contributed by atoms with E-state index < -0.39 is 0 Å². The highest BCUT2D eigenvalue weighted by atomic mass is 15.3. The van der Waals surface area contributed by atoms with E-state index in [4.69, 9.17) is 5.73 Å². The molecule has 5 heteroatoms. The summed E-state index contributed by atoms with van der Waals surface area (Å²) in [6.07, 6.45) is 8.49. The summed E-state index contributed by atoms with van der Waals surface area (Å²) in [6.45, 7) is 2.19. The SMILES string of the molecule is CCCCCc1cnc2nc(N)nn2c1. The van der Waals surface area contributed by atoms with Crippen LogP contribution in [0, 0.1) is 0 Å². The second kappa shape index (κ2) is 4.25. The Balaban J connectivity index is 2.15. The summed E-state index contributed by atoms with van der Waals surface area (Å²) in [6, 6.07) is 0. The van der Waals surface area contributed by atoms with Crippen molar-refractivity contribution in [1.82, 2.24) is 19.6 Å². The van der Waals surface area contributed by atoms with Gasteiger partial charge < -0.3 is 5.73 Å². The molecule has 0 spiro atoms. The number of nitrogens with zero attached hydrogens (tertiary/aromatic N) is 4. The van der Waals surface area contributed by atoms with Gasteiger partial charge in [0.2, 0.25) is 5.95 Å². The van der Waals surface area contributed by atoms with E-state index >= 15 is 0 Å². The zero-order chi connectivity index (χ0) is 10.7. The highest BCUT2D eigenvalue weighted by Crippen LogP contribution is 2.06. The normalized spacial score (nSPS) is 11.0. The van der Waals surface area contributed by atoms with E-state index in [2.05, 4.69) is 22.0 Å². The number of hydrogen-bond acceptors (Lipinski definition) is 4. The van der Waals surface area contributed by atoms with Crippen molar-refractivity contribution in [1.29, 1.82) is 0 Å². The molecule has 0 aliphatic heterocycles. The van der Waals surface area contributed by atoms with Gasteiger partial charge in [-0.15, -0.1) is 5.10 Å². The van der Waals surface area contributed by atoms with Crippen molar-refractivity contribution < 1.29 is 0 Å². The maximum Gasteiger partial charge on any atom is 0.253 e. The van der Waals surface area contributed by atoms with Crippen LogP contribution < -0.4 is 5.73 Å². The lowest BCUT2D eigenvalue weighted by Gasteiger charge is -1.99. The number of fused-ring (bicyclic) bond motifs is 1. The zero-order valence-corrected chi connectivity index (χ0v) is 8.85. The monoisotopic (exact) mass is 205 g/mol. The number of nitrogens with two attached hydrogens (primary N) is 1. The molecule has 0 radical (unpaired) electrons. The van der Waals surface area contributed by atoms with Crippen molar-refractivity contribution in [3.05, 3.63) is 18.0 Å². The Hall–Kier alpha value is -1.65. The summed E-state index contributed by atoms with van der Waals surface area (Å²) in [5.41, 5.74) is 6.66. The molecule has 0 aromatic carbocycles. The number of anilines is 1. The maximum absolute atomic E-state index is 5.48. The van der Waals surface area contributed by atoms with Crippen molar-refractivity contribution in [3.8, 4) is 0 Å². The fraction of sp³-hybridized carbons (Fsp3) is 0.500. The van der Waals surface area contributed by atoms with Gasteiger partial charge in [-0.1, -0.05) is 19.8 Å². The van der Waals surface area contributed by atoms with Gasteiger partial charge in [0.25, 0.3) is 5.78 Å². The van der Waals surface area contributed by atoms with Gasteiger partial charge in [-0.2, -0.15) is 4.98 Å². The molecular weight excluding hydrogens is 190 g/mol. The second-order valence-corrected chi connectivity index (χ2v) is 3.63. The van der Waals surface area contributed by atoms with E-state index in [1.807, 2.05) is 12.4 Å². The Labute approximate surface area is 88.3 Å². The lowest BCUT2D eigenvalue weighted by atomic mass is 10.1. The van der Waals surface area contributed by atoms with E-state index in [9.17, 15) is 0 Å². The maximum atomic E-state index is 5.48. The van der Waals surface area contributed by atoms with E-state index in [-0.39, 0.29) is 5.95 Å². The predicted molar refractivity (Wildman–Crippen MR) is 58.4 cm³/mol. The lowest BCUT2D eigenvalue weighted by molar-refractivity contribution is 0.711. The van der Waals surface area contributed by atoms with E-state index in [1.54, 1.807) is 4.52 Å². The second-order valence-electron chi connectivity index (χ2n) is 3.63. The first kappa shape index (κ1) is 9.89. The number of unbranched alkanes of at least 4 members (excludes halogenated alkanes) is 2. The standard InChI is InChI=1S/C10H15N5/c1-2-3-4-5-8-6-12-10-13-9(11)14-15(10)7-8/h6-7H,2-5H2,1H3,(H2,11,14). The molecule has 2 N–H and O–H groups in total. The van der Waals surface area contributed by atoms with Crippen LogP contribution in [0.5, 0.6) is 0 Å². The van der Waals surface area contributed by atoms with Crippen LogP contribution in [-0.4, -0.2) is 19.6 Å². The molecule has 15 heavy (non-hydrogen) atoms. The summed E-state index contributed by atoms with van der Waals surface area (Å²) in [5, 5.41) is 4.02. The van der Waals surface area contributed by atoms with Crippen molar-refractivity contribution in [2.45, 2.75) is 32.6 Å². The Bertz CT molecular complexity index is 448. The fourth-order valence-electron chi connectivity index (χ4n) is 1.55. The van der Waals surface area contributed by atoms with Crippen LogP contribution in [-0.2, 0) is 6.42 Å². The summed E-state index contributed by atoms with van der Waals surface area (Å²) in [4.78, 5) is 8.16. The molecular formula is C10H15N5. The molecule has 0 bridgehead atoms. The molecule has 2 rings (SSSR count). The van der Waals surface area contributed by atoms with Gasteiger partial charge in [0.1, 0.15) is 0 Å². The highest BCUT2D eigenvalue weighted by Gasteiger charge is 2.01. The first-order chi connectivity index (χ1) is 7.29. The molecule has 0 unspecified atom stereocenters. The third-order valence-corrected chi connectivity index (χ3v) is 2.33. The summed E-state index contributed by atoms with van der Waals surface area (Å²) < 4.78 is 1.64. The molecule has 0 aliphatic carbocycles. The average molecular weight is 205 g/mol. The van der Waals surface area contributed by atoms with E-state index in [0.29, 0.717) is 5.78 Å². The molecule has 0 saturated heterocycles. The molecule has 0 atom stereocenters. The summed E-state index contributed by atoms with van der Waals surface area (Å²) in [7, 11) is 0. The molecule has 2 aromatic rings. The van der Waals surface area contributed by atoms with Crippen molar-refractivity contribution in [2.24, 2.45) is 0 Å². The number of hydrogen-bond donors (Lipinski definition) is 1. The van der Waals surface area contributed by atoms with E-state index in [1.165, 1.54) is 24.8 Å². The largest absolute Gasteiger partial charge is 0.366 e. The molecule has 2 aromatic heterocycles. The number of aryl methyl sites for hydroxylation is 1. The first-order valence-corrected chi connectivity index (χ1v) is 5.26. The number of rotatable bonds is 4. The van der Waals surface area contributed by atoms with Gasteiger partial charge in [0, 0.05) is 12.4 Å². The van der Waals surface area contributed by atoms with Crippen molar-refractivity contribution >= 4 is 11.7 Å². The van der Waals surface area contributed by atoms with Gasteiger partial charge in [-0.3, -0.25) is 0 Å². The van der Waals surface area contributed by atoms with E-state index in [0.717, 1.165) is 6.42 Å². The van der Waals surface area contributed by atoms with Crippen LogP contribution in [0.2, 0.25) is 0 Å². The number of nitrogen functional groups attached to an aromatic ring is 1. The van der Waals surface area contributed by atoms with Crippen molar-refractivity contribution in [2.75, 3.05) is 5.73 Å². The van der Waals surface area contributed by atoms with Gasteiger partial charge >= 0.3 is 0 Å². The van der Waals surface area contributed by atoms with Crippen LogP contribution in [0.3, 0.4) is 0 Å². The molecule has 2 heterocycles. The van der Waals surface area contributed by atoms with Gasteiger partial charge in [0.15, 0.2) is 0 Å². The minimum atomic E-state index is 0.271. The van der Waals surface area contributed by atoms with Crippen LogP contribution in [0.15, 0.2) is 12.4 Å². The van der Waals surface area contributed by atoms with Crippen molar-refractivity contribution in [3.63, 3.8) is 0 Å². The first-order valence-electron chi connectivity index (χ1n) is 5.26. The molecule has 5 nitrogen and oxygen atoms in total. The van der Waals surface area contributed by atoms with Crippen LogP contribution in [0.4, 0.5) is 5.95 Å². The Morgan fingerprint density at radius 2 is 2.27 bits per heavy atom. The minimum absolute atomic E-state index is 0.271. The Kier molecular flexibility index (Phi) is 2.80. The quantitative estimate of drug-likeness (QED) is 0.767. The van der Waals surface area contributed by atoms with Gasteiger partial charge in [-0.25, -0.2) is 9.50 Å². The van der Waals surface area contributed by atoms with Crippen LogP contribution >= 0.6 is 0 Å². The molecule has 0 amide bonds. The Morgan fingerprint density at radius 3 is 3.07 bits per heavy atom. The lowest BCUT2D eigenvalue weighted by Crippen LogP contribution is -1.95. The minimum Gasteiger partial charge on any atom is -0.366 e. The predicted octanol–water partition coefficient (Wildman–Crippen LogP) is 1.44. The fourth-order valence-corrected chi connectivity index (χ4v) is 1.55.